The van der Waals surface area contributed by atoms with Gasteiger partial charge in [0, 0.05) is 5.69 Å². The Bertz CT molecular complexity index is 1770. The van der Waals surface area contributed by atoms with Crippen molar-refractivity contribution in [2.75, 3.05) is 19.0 Å². The largest absolute Gasteiger partial charge is 0.497 e. The maximum absolute atomic E-state index is 13.5. The number of fused-ring (bicyclic) bond motifs is 1. The number of ether oxygens (including phenoxy) is 2. The minimum Gasteiger partial charge on any atom is -0.497 e. The zero-order chi connectivity index (χ0) is 31.2. The van der Waals surface area contributed by atoms with Gasteiger partial charge >= 0.3 is 6.09 Å². The van der Waals surface area contributed by atoms with E-state index in [2.05, 4.69) is 26.4 Å². The predicted octanol–water partition coefficient (Wildman–Crippen LogP) is 4.90. The van der Waals surface area contributed by atoms with Gasteiger partial charge in [0.05, 0.1) is 39.9 Å². The normalized spacial score (nSPS) is 12.3. The number of sulfonamides is 1. The number of amides is 2. The van der Waals surface area contributed by atoms with Crippen molar-refractivity contribution >= 4 is 49.3 Å². The fourth-order valence-corrected chi connectivity index (χ4v) is 6.35. The summed E-state index contributed by atoms with van der Waals surface area (Å²) in [6, 6.07) is 19.4. The zero-order valence-electron chi connectivity index (χ0n) is 24.0. The number of nitriles is 1. The lowest BCUT2D eigenvalue weighted by Crippen LogP contribution is -2.37. The maximum atomic E-state index is 13.5. The van der Waals surface area contributed by atoms with Crippen molar-refractivity contribution in [2.24, 2.45) is 0 Å². The molecule has 0 spiro atoms. The molecule has 0 radical (unpaired) electrons. The van der Waals surface area contributed by atoms with Gasteiger partial charge in [-0.3, -0.25) is 4.79 Å². The minimum atomic E-state index is -4.04. The molecule has 1 aromatic heterocycles. The lowest BCUT2D eigenvalue weighted by atomic mass is 10.0. The molecule has 0 saturated heterocycles. The second-order valence-corrected chi connectivity index (χ2v) is 13.3. The van der Waals surface area contributed by atoms with Gasteiger partial charge in [0.1, 0.15) is 22.9 Å². The number of nitrogens with zero attached hydrogens (tertiary/aromatic N) is 2. The summed E-state index contributed by atoms with van der Waals surface area (Å²) >= 11 is 1.35. The van der Waals surface area contributed by atoms with Gasteiger partial charge in [0.2, 0.25) is 15.9 Å². The first-order valence-corrected chi connectivity index (χ1v) is 15.5. The van der Waals surface area contributed by atoms with Crippen LogP contribution in [-0.4, -0.2) is 44.7 Å². The maximum Gasteiger partial charge on any atom is 0.408 e. The Morgan fingerprint density at radius 2 is 1.81 bits per heavy atom. The molecule has 1 atom stereocenters. The zero-order valence-corrected chi connectivity index (χ0v) is 25.6. The third kappa shape index (κ3) is 8.74. The molecule has 4 aromatic rings. The number of anilines is 1. The van der Waals surface area contributed by atoms with Crippen LogP contribution < -0.4 is 20.1 Å². The monoisotopic (exact) mass is 621 g/mol. The number of carbonyl (C=O) groups excluding carboxylic acids is 2. The summed E-state index contributed by atoms with van der Waals surface area (Å²) in [6.45, 7) is 4.81. The highest BCUT2D eigenvalue weighted by atomic mass is 32.2. The van der Waals surface area contributed by atoms with Gasteiger partial charge in [-0.05, 0) is 87.4 Å². The number of hydrogen-bond donors (Lipinski definition) is 3. The van der Waals surface area contributed by atoms with Crippen LogP contribution in [0.15, 0.2) is 71.6 Å². The van der Waals surface area contributed by atoms with E-state index in [9.17, 15) is 23.3 Å². The molecule has 13 heteroatoms. The minimum absolute atomic E-state index is 0.0177. The van der Waals surface area contributed by atoms with Crippen molar-refractivity contribution in [1.82, 2.24) is 15.0 Å². The van der Waals surface area contributed by atoms with Crippen molar-refractivity contribution in [3.05, 3.63) is 82.9 Å². The van der Waals surface area contributed by atoms with Crippen LogP contribution in [-0.2, 0) is 26.0 Å². The molecule has 0 aliphatic carbocycles. The Labute approximate surface area is 253 Å². The average molecular weight is 622 g/mol. The van der Waals surface area contributed by atoms with Crippen LogP contribution in [0.4, 0.5) is 10.5 Å². The van der Waals surface area contributed by atoms with E-state index in [-0.39, 0.29) is 17.9 Å². The predicted molar refractivity (Wildman–Crippen MR) is 163 cm³/mol. The van der Waals surface area contributed by atoms with Crippen LogP contribution in [0.2, 0.25) is 0 Å². The van der Waals surface area contributed by atoms with E-state index in [4.69, 9.17) is 9.47 Å². The number of aromatic nitrogens is 1. The van der Waals surface area contributed by atoms with E-state index in [1.807, 2.05) is 18.2 Å². The lowest BCUT2D eigenvalue weighted by molar-refractivity contribution is -0.115. The highest BCUT2D eigenvalue weighted by molar-refractivity contribution is 7.89. The van der Waals surface area contributed by atoms with E-state index in [0.29, 0.717) is 27.5 Å². The second-order valence-electron chi connectivity index (χ2n) is 10.5. The van der Waals surface area contributed by atoms with E-state index >= 15 is 0 Å². The van der Waals surface area contributed by atoms with Crippen LogP contribution in [0.25, 0.3) is 10.2 Å². The lowest BCUT2D eigenvalue weighted by Gasteiger charge is -2.19. The number of hydrogen-bond acceptors (Lipinski definition) is 9. The number of alkyl carbamates (subject to hydrolysis) is 1. The average Bonchev–Trinajstić information content (AvgIpc) is 3.39. The van der Waals surface area contributed by atoms with Crippen LogP contribution in [0.5, 0.6) is 5.75 Å². The van der Waals surface area contributed by atoms with Gasteiger partial charge < -0.3 is 20.1 Å². The molecule has 43 heavy (non-hydrogen) atoms. The van der Waals surface area contributed by atoms with Crippen molar-refractivity contribution in [3.63, 3.8) is 0 Å². The van der Waals surface area contributed by atoms with Gasteiger partial charge in [-0.2, -0.15) is 5.26 Å². The molecule has 2 amide bonds. The number of thiazole rings is 1. The molecule has 0 aliphatic rings. The molecule has 224 valence electrons. The second kappa shape index (κ2) is 13.2. The number of nitrogens with one attached hydrogen (secondary N) is 3. The van der Waals surface area contributed by atoms with E-state index in [1.54, 1.807) is 52.1 Å². The molecule has 0 bridgehead atoms. The Kier molecular flexibility index (Phi) is 9.65. The summed E-state index contributed by atoms with van der Waals surface area (Å²) in [5, 5.41) is 14.9. The van der Waals surface area contributed by atoms with E-state index < -0.39 is 33.7 Å². The van der Waals surface area contributed by atoms with Crippen LogP contribution in [0, 0.1) is 11.3 Å². The fourth-order valence-electron chi connectivity index (χ4n) is 4.03. The summed E-state index contributed by atoms with van der Waals surface area (Å²) in [7, 11) is -2.47. The van der Waals surface area contributed by atoms with Crippen molar-refractivity contribution in [1.29, 1.82) is 5.26 Å². The smallest absolute Gasteiger partial charge is 0.408 e. The van der Waals surface area contributed by atoms with Gasteiger partial charge in [0.25, 0.3) is 0 Å². The first kappa shape index (κ1) is 31.4. The number of rotatable bonds is 10. The van der Waals surface area contributed by atoms with Crippen molar-refractivity contribution in [2.45, 2.75) is 43.7 Å². The van der Waals surface area contributed by atoms with Crippen LogP contribution in [0.1, 0.15) is 42.9 Å². The third-order valence-corrected chi connectivity index (χ3v) is 8.56. The topological polar surface area (TPSA) is 160 Å². The van der Waals surface area contributed by atoms with E-state index in [1.165, 1.54) is 35.6 Å². The highest BCUT2D eigenvalue weighted by Gasteiger charge is 2.25. The molecule has 4 rings (SSSR count). The molecule has 3 N–H and O–H groups in total. The quantitative estimate of drug-likeness (QED) is 0.225. The van der Waals surface area contributed by atoms with Gasteiger partial charge in [-0.15, -0.1) is 11.3 Å². The fraction of sp³-hybridized carbons (Fsp3) is 0.267. The first-order chi connectivity index (χ1) is 20.3. The summed E-state index contributed by atoms with van der Waals surface area (Å²) in [5.74, 6) is 0.154. The van der Waals surface area contributed by atoms with Crippen molar-refractivity contribution < 1.29 is 27.5 Å². The Morgan fingerprint density at radius 1 is 1.07 bits per heavy atom. The number of carbonyl (C=O) groups is 2. The Morgan fingerprint density at radius 3 is 2.49 bits per heavy atom. The standard InChI is InChI=1S/C30H31N5O6S2/c1-30(2,3)41-29(37)32-18-27(36)33-21-8-11-23(12-9-21)43(38,39)35-25(15-19-6-5-7-20(14-19)17-31)28-34-24-13-10-22(40-4)16-26(24)42-28/h5-14,16,25,35H,15,18H2,1-4H3,(H,32,37)(H,33,36). The van der Waals surface area contributed by atoms with Gasteiger partial charge in [0.15, 0.2) is 0 Å². The number of benzene rings is 3. The van der Waals surface area contributed by atoms with Gasteiger partial charge in [-0.25, -0.2) is 22.9 Å². The Hall–Kier alpha value is -4.51. The summed E-state index contributed by atoms with van der Waals surface area (Å²) in [5.41, 5.74) is 1.58. The molecule has 0 fully saturated rings. The van der Waals surface area contributed by atoms with Crippen LogP contribution >= 0.6 is 11.3 Å². The molecular formula is C30H31N5O6S2. The summed E-state index contributed by atoms with van der Waals surface area (Å²) in [6.07, 6.45) is -0.471. The molecule has 0 saturated carbocycles. The molecule has 11 nitrogen and oxygen atoms in total. The Balaban J connectivity index is 1.51. The van der Waals surface area contributed by atoms with Gasteiger partial charge in [-0.1, -0.05) is 12.1 Å². The van der Waals surface area contributed by atoms with Crippen LogP contribution in [0.3, 0.4) is 0 Å². The molecular weight excluding hydrogens is 590 g/mol. The molecule has 3 aromatic carbocycles. The highest BCUT2D eigenvalue weighted by Crippen LogP contribution is 2.32. The summed E-state index contributed by atoms with van der Waals surface area (Å²) in [4.78, 5) is 28.7. The molecule has 1 heterocycles. The third-order valence-electron chi connectivity index (χ3n) is 5.94. The van der Waals surface area contributed by atoms with E-state index in [0.717, 1.165) is 10.3 Å². The SMILES string of the molecule is COc1ccc2nc(C(Cc3cccc(C#N)c3)NS(=O)(=O)c3ccc(NC(=O)CNC(=O)OC(C)(C)C)cc3)sc2c1. The molecule has 0 aliphatic heterocycles. The number of methoxy groups -OCH3 is 1. The summed E-state index contributed by atoms with van der Waals surface area (Å²) < 4.78 is 41.1. The van der Waals surface area contributed by atoms with Crippen molar-refractivity contribution in [3.8, 4) is 11.8 Å². The molecule has 1 unspecified atom stereocenters. The first-order valence-electron chi connectivity index (χ1n) is 13.2.